The first-order valence-corrected chi connectivity index (χ1v) is 8.45. The topological polar surface area (TPSA) is 72.3 Å². The number of rotatable bonds is 6. The number of carbonyl (C=O) groups is 1. The van der Waals surface area contributed by atoms with Gasteiger partial charge in [0, 0.05) is 22.3 Å². The molecule has 3 heterocycles. The molecule has 0 aliphatic carbocycles. The summed E-state index contributed by atoms with van der Waals surface area (Å²) in [6, 6.07) is 9.14. The number of aldehydes is 1. The zero-order valence-electron chi connectivity index (χ0n) is 14.3. The van der Waals surface area contributed by atoms with E-state index in [1.54, 1.807) is 12.1 Å². The maximum Gasteiger partial charge on any atom is 0.291 e. The van der Waals surface area contributed by atoms with Crippen molar-refractivity contribution in [2.24, 2.45) is 0 Å². The fraction of sp³-hybridized carbons (Fsp3) is 0.278. The Hall–Kier alpha value is -2.48. The van der Waals surface area contributed by atoms with Crippen LogP contribution in [0.5, 0.6) is 5.75 Å². The second-order valence-corrected chi connectivity index (χ2v) is 6.90. The van der Waals surface area contributed by atoms with Crippen LogP contribution in [0, 0.1) is 0 Å². The molecular formula is C18H17ClN4O3. The van der Waals surface area contributed by atoms with Crippen LogP contribution >= 0.6 is 11.6 Å². The lowest BCUT2D eigenvalue weighted by Crippen LogP contribution is -2.22. The molecule has 1 saturated heterocycles. The highest BCUT2D eigenvalue weighted by Crippen LogP contribution is 2.37. The van der Waals surface area contributed by atoms with Crippen molar-refractivity contribution in [2.45, 2.75) is 12.3 Å². The van der Waals surface area contributed by atoms with Crippen molar-refractivity contribution in [1.29, 1.82) is 0 Å². The number of pyridine rings is 1. The molecule has 1 atom stereocenters. The van der Waals surface area contributed by atoms with E-state index in [1.165, 1.54) is 0 Å². The summed E-state index contributed by atoms with van der Waals surface area (Å²) in [6.45, 7) is 0.899. The molecule has 0 radical (unpaired) electrons. The lowest BCUT2D eigenvalue weighted by Gasteiger charge is -2.14. The first-order valence-electron chi connectivity index (χ1n) is 8.07. The van der Waals surface area contributed by atoms with E-state index in [1.807, 2.05) is 47.8 Å². The highest BCUT2D eigenvalue weighted by atomic mass is 35.5. The van der Waals surface area contributed by atoms with Crippen LogP contribution in [0.25, 0.3) is 16.8 Å². The predicted molar refractivity (Wildman–Crippen MR) is 96.2 cm³/mol. The predicted octanol–water partition coefficient (Wildman–Crippen LogP) is 2.42. The van der Waals surface area contributed by atoms with Crippen LogP contribution in [-0.2, 0) is 16.1 Å². The molecule has 0 bridgehead atoms. The summed E-state index contributed by atoms with van der Waals surface area (Å²) in [4.78, 5) is 13.2. The van der Waals surface area contributed by atoms with Crippen molar-refractivity contribution in [1.82, 2.24) is 19.5 Å². The van der Waals surface area contributed by atoms with Gasteiger partial charge in [0.2, 0.25) is 0 Å². The summed E-state index contributed by atoms with van der Waals surface area (Å²) in [5.41, 5.74) is 2.46. The first kappa shape index (κ1) is 17.0. The molecule has 3 aromatic rings. The number of nitrogens with zero attached hydrogens (tertiary/aromatic N) is 4. The smallest absolute Gasteiger partial charge is 0.291 e. The molecule has 1 aliphatic rings. The minimum Gasteiger partial charge on any atom is -0.452 e. The summed E-state index contributed by atoms with van der Waals surface area (Å²) in [5.74, 6) is 0.123. The van der Waals surface area contributed by atoms with Crippen molar-refractivity contribution in [3.8, 4) is 16.9 Å². The number of aromatic nitrogens is 3. The number of ether oxygens (including phenoxy) is 2. The van der Waals surface area contributed by atoms with Gasteiger partial charge in [0.1, 0.15) is 12.4 Å². The summed E-state index contributed by atoms with van der Waals surface area (Å²) in [5, 5.41) is 8.95. The van der Waals surface area contributed by atoms with Crippen LogP contribution < -0.4 is 4.74 Å². The van der Waals surface area contributed by atoms with Gasteiger partial charge in [0.15, 0.2) is 17.8 Å². The first-order chi connectivity index (χ1) is 12.5. The highest BCUT2D eigenvalue weighted by Gasteiger charge is 2.48. The molecular weight excluding hydrogens is 356 g/mol. The van der Waals surface area contributed by atoms with Crippen LogP contribution in [-0.4, -0.2) is 52.3 Å². The molecule has 4 rings (SSSR count). The van der Waals surface area contributed by atoms with Crippen LogP contribution in [0.2, 0.25) is 5.02 Å². The minimum absolute atomic E-state index is 0.236. The lowest BCUT2D eigenvalue weighted by atomic mass is 10.1. The Bertz CT molecular complexity index is 982. The summed E-state index contributed by atoms with van der Waals surface area (Å²) < 4.78 is 12.9. The number of fused-ring (bicyclic) bond motifs is 1. The third-order valence-corrected chi connectivity index (χ3v) is 4.31. The molecule has 1 aromatic carbocycles. The molecule has 2 aromatic heterocycles. The fourth-order valence-corrected chi connectivity index (χ4v) is 2.88. The zero-order valence-corrected chi connectivity index (χ0v) is 15.1. The van der Waals surface area contributed by atoms with E-state index in [4.69, 9.17) is 21.1 Å². The monoisotopic (exact) mass is 372 g/mol. The second-order valence-electron chi connectivity index (χ2n) is 6.46. The lowest BCUT2D eigenvalue weighted by molar-refractivity contribution is -0.120. The second kappa shape index (κ2) is 6.35. The summed E-state index contributed by atoms with van der Waals surface area (Å²) in [7, 11) is 3.95. The van der Waals surface area contributed by atoms with Crippen LogP contribution in [0.15, 0.2) is 36.5 Å². The molecule has 7 nitrogen and oxygen atoms in total. The Morgan fingerprint density at radius 2 is 2.15 bits per heavy atom. The van der Waals surface area contributed by atoms with Crippen LogP contribution in [0.1, 0.15) is 5.82 Å². The highest BCUT2D eigenvalue weighted by molar-refractivity contribution is 6.30. The molecule has 0 saturated carbocycles. The average Bonchev–Trinajstić information content (AvgIpc) is 3.28. The van der Waals surface area contributed by atoms with Gasteiger partial charge < -0.3 is 14.4 Å². The van der Waals surface area contributed by atoms with Crippen molar-refractivity contribution < 1.29 is 14.3 Å². The van der Waals surface area contributed by atoms with Gasteiger partial charge in [-0.1, -0.05) is 11.6 Å². The Kier molecular flexibility index (Phi) is 4.14. The van der Waals surface area contributed by atoms with Gasteiger partial charge >= 0.3 is 0 Å². The van der Waals surface area contributed by atoms with Crippen molar-refractivity contribution in [3.05, 3.63) is 47.4 Å². The molecule has 0 N–H and O–H groups in total. The SMILES string of the molecule is CN(C)Cc1nnc2ccc(-c3ccc(Cl)cc3O[C@]3(C=O)CO3)cn12. The van der Waals surface area contributed by atoms with Crippen LogP contribution in [0.3, 0.4) is 0 Å². The fourth-order valence-electron chi connectivity index (χ4n) is 2.72. The van der Waals surface area contributed by atoms with E-state index in [0.29, 0.717) is 23.6 Å². The maximum atomic E-state index is 11.2. The Morgan fingerprint density at radius 3 is 2.85 bits per heavy atom. The standard InChI is InChI=1S/C18H17ClN4O3/c1-22(2)9-17-21-20-16-6-3-12(8-23(16)17)14-5-4-13(19)7-15(14)26-18(10-24)11-25-18/h3-8,10H,9,11H2,1-2H3/t18-/m1/s1. The zero-order chi connectivity index (χ0) is 18.3. The number of halogens is 1. The van der Waals surface area contributed by atoms with Gasteiger partial charge in [0.25, 0.3) is 5.79 Å². The molecule has 134 valence electrons. The summed E-state index contributed by atoms with van der Waals surface area (Å²) >= 11 is 6.12. The van der Waals surface area contributed by atoms with Crippen LogP contribution in [0.4, 0.5) is 0 Å². The molecule has 26 heavy (non-hydrogen) atoms. The molecule has 1 aliphatic heterocycles. The van der Waals surface area contributed by atoms with E-state index < -0.39 is 5.79 Å². The van der Waals surface area contributed by atoms with Gasteiger partial charge in [-0.25, -0.2) is 0 Å². The number of benzene rings is 1. The van der Waals surface area contributed by atoms with E-state index in [0.717, 1.165) is 22.6 Å². The quantitative estimate of drug-likeness (QED) is 0.489. The van der Waals surface area contributed by atoms with Gasteiger partial charge in [-0.3, -0.25) is 9.20 Å². The van der Waals surface area contributed by atoms with Crippen molar-refractivity contribution in [2.75, 3.05) is 20.7 Å². The molecule has 0 spiro atoms. The molecule has 0 amide bonds. The number of hydrogen-bond donors (Lipinski definition) is 0. The van der Waals surface area contributed by atoms with Gasteiger partial charge in [0.05, 0.1) is 6.54 Å². The molecule has 0 unspecified atom stereocenters. The Morgan fingerprint density at radius 1 is 1.35 bits per heavy atom. The van der Waals surface area contributed by atoms with E-state index in [2.05, 4.69) is 10.2 Å². The maximum absolute atomic E-state index is 11.2. The minimum atomic E-state index is -1.20. The largest absolute Gasteiger partial charge is 0.452 e. The molecule has 1 fully saturated rings. The Labute approximate surface area is 155 Å². The van der Waals surface area contributed by atoms with Crippen molar-refractivity contribution in [3.63, 3.8) is 0 Å². The van der Waals surface area contributed by atoms with Crippen molar-refractivity contribution >= 4 is 23.5 Å². The van der Waals surface area contributed by atoms with E-state index >= 15 is 0 Å². The number of hydrogen-bond acceptors (Lipinski definition) is 6. The third-order valence-electron chi connectivity index (χ3n) is 4.08. The summed E-state index contributed by atoms with van der Waals surface area (Å²) in [6.07, 6.45) is 2.61. The third kappa shape index (κ3) is 3.16. The van der Waals surface area contributed by atoms with Gasteiger partial charge in [-0.15, -0.1) is 10.2 Å². The number of epoxide rings is 1. The van der Waals surface area contributed by atoms with Gasteiger partial charge in [-0.2, -0.15) is 0 Å². The average molecular weight is 373 g/mol. The molecule has 8 heteroatoms. The normalized spacial score (nSPS) is 19.1. The number of carbonyl (C=O) groups excluding carboxylic acids is 1. The van der Waals surface area contributed by atoms with Gasteiger partial charge in [-0.05, 0) is 44.4 Å². The van der Waals surface area contributed by atoms with E-state index in [9.17, 15) is 4.79 Å². The Balaban J connectivity index is 1.78. The van der Waals surface area contributed by atoms with E-state index in [-0.39, 0.29) is 6.61 Å².